The van der Waals surface area contributed by atoms with Gasteiger partial charge in [-0.3, -0.25) is 14.5 Å². The van der Waals surface area contributed by atoms with Crippen molar-refractivity contribution in [3.8, 4) is 0 Å². The molecule has 1 saturated heterocycles. The monoisotopic (exact) mass is 325 g/mol. The highest BCUT2D eigenvalue weighted by Gasteiger charge is 2.30. The first-order valence-corrected chi connectivity index (χ1v) is 8.22. The summed E-state index contributed by atoms with van der Waals surface area (Å²) in [5.74, 6) is -0.270. The summed E-state index contributed by atoms with van der Waals surface area (Å²) in [6.45, 7) is 14.4. The van der Waals surface area contributed by atoms with E-state index in [2.05, 4.69) is 16.8 Å². The van der Waals surface area contributed by atoms with E-state index in [0.29, 0.717) is 26.1 Å². The molecule has 0 aromatic carbocycles. The van der Waals surface area contributed by atoms with Crippen molar-refractivity contribution in [1.82, 2.24) is 15.1 Å². The number of nitrogens with zero attached hydrogens (tertiary/aromatic N) is 2. The number of hydrogen-bond donors (Lipinski definition) is 2. The SMILES string of the molecule is C=CC[C@H](NC(C)=O)C(=O)N1CCN(C[C@H](O)C(C)(C)C)CC1. The third-order valence-corrected chi connectivity index (χ3v) is 4.19. The molecule has 0 spiro atoms. The van der Waals surface area contributed by atoms with Gasteiger partial charge in [0.1, 0.15) is 6.04 Å². The smallest absolute Gasteiger partial charge is 0.245 e. The van der Waals surface area contributed by atoms with Crippen LogP contribution in [0.5, 0.6) is 0 Å². The molecule has 2 atom stereocenters. The van der Waals surface area contributed by atoms with Gasteiger partial charge in [-0.25, -0.2) is 0 Å². The standard InChI is InChI=1S/C17H31N3O3/c1-6-7-14(18-13(2)21)16(23)20-10-8-19(9-11-20)12-15(22)17(3,4)5/h6,14-15,22H,1,7-12H2,2-5H3,(H,18,21)/t14-,15-/m0/s1. The van der Waals surface area contributed by atoms with Crippen molar-refractivity contribution in [3.63, 3.8) is 0 Å². The van der Waals surface area contributed by atoms with E-state index in [1.807, 2.05) is 20.8 Å². The lowest BCUT2D eigenvalue weighted by Gasteiger charge is -2.39. The number of carbonyl (C=O) groups excluding carboxylic acids is 2. The van der Waals surface area contributed by atoms with E-state index >= 15 is 0 Å². The van der Waals surface area contributed by atoms with Gasteiger partial charge >= 0.3 is 0 Å². The van der Waals surface area contributed by atoms with Gasteiger partial charge in [-0.15, -0.1) is 6.58 Å². The molecular formula is C17H31N3O3. The second-order valence-electron chi connectivity index (χ2n) is 7.29. The molecule has 0 aromatic heterocycles. The minimum absolute atomic E-state index is 0.0591. The molecule has 0 radical (unpaired) electrons. The fourth-order valence-electron chi connectivity index (χ4n) is 2.52. The lowest BCUT2D eigenvalue weighted by atomic mass is 9.89. The molecule has 132 valence electrons. The number of piperazine rings is 1. The molecule has 0 aliphatic carbocycles. The van der Waals surface area contributed by atoms with Crippen LogP contribution in [-0.2, 0) is 9.59 Å². The third kappa shape index (κ3) is 6.31. The number of rotatable bonds is 6. The van der Waals surface area contributed by atoms with Gasteiger partial charge in [0.2, 0.25) is 11.8 Å². The van der Waals surface area contributed by atoms with Gasteiger partial charge in [0.15, 0.2) is 0 Å². The second kappa shape index (κ2) is 8.45. The van der Waals surface area contributed by atoms with Crippen LogP contribution in [0.2, 0.25) is 0 Å². The molecule has 0 unspecified atom stereocenters. The Morgan fingerprint density at radius 1 is 1.26 bits per heavy atom. The third-order valence-electron chi connectivity index (χ3n) is 4.19. The van der Waals surface area contributed by atoms with E-state index < -0.39 is 12.1 Å². The van der Waals surface area contributed by atoms with Gasteiger partial charge in [0.05, 0.1) is 6.10 Å². The van der Waals surface area contributed by atoms with Crippen LogP contribution < -0.4 is 5.32 Å². The molecule has 23 heavy (non-hydrogen) atoms. The summed E-state index contributed by atoms with van der Waals surface area (Å²) in [6, 6.07) is -0.531. The largest absolute Gasteiger partial charge is 0.391 e. The highest BCUT2D eigenvalue weighted by Crippen LogP contribution is 2.20. The number of aliphatic hydroxyl groups excluding tert-OH is 1. The van der Waals surface area contributed by atoms with Crippen LogP contribution in [0, 0.1) is 5.41 Å². The van der Waals surface area contributed by atoms with Crippen LogP contribution in [0.1, 0.15) is 34.1 Å². The van der Waals surface area contributed by atoms with E-state index in [0.717, 1.165) is 13.1 Å². The maximum Gasteiger partial charge on any atom is 0.245 e. The van der Waals surface area contributed by atoms with Crippen LogP contribution in [0.3, 0.4) is 0 Å². The van der Waals surface area contributed by atoms with Crippen molar-refractivity contribution in [2.75, 3.05) is 32.7 Å². The van der Waals surface area contributed by atoms with E-state index in [1.54, 1.807) is 11.0 Å². The first-order valence-electron chi connectivity index (χ1n) is 8.22. The normalized spacial score (nSPS) is 19.1. The molecule has 2 N–H and O–H groups in total. The van der Waals surface area contributed by atoms with Gasteiger partial charge in [-0.05, 0) is 11.8 Å². The average molecular weight is 325 g/mol. The Balaban J connectivity index is 2.52. The van der Waals surface area contributed by atoms with Crippen molar-refractivity contribution in [2.45, 2.75) is 46.3 Å². The molecule has 1 fully saturated rings. The fraction of sp³-hybridized carbons (Fsp3) is 0.765. The summed E-state index contributed by atoms with van der Waals surface area (Å²) in [4.78, 5) is 27.7. The van der Waals surface area contributed by atoms with Gasteiger partial charge in [0.25, 0.3) is 0 Å². The summed E-state index contributed by atoms with van der Waals surface area (Å²) in [7, 11) is 0. The van der Waals surface area contributed by atoms with Gasteiger partial charge in [-0.2, -0.15) is 0 Å². The number of aliphatic hydroxyl groups is 1. The molecule has 1 aliphatic rings. The average Bonchev–Trinajstić information content (AvgIpc) is 2.45. The molecule has 1 rings (SSSR count). The van der Waals surface area contributed by atoms with Crippen molar-refractivity contribution in [3.05, 3.63) is 12.7 Å². The molecule has 6 nitrogen and oxygen atoms in total. The Bertz CT molecular complexity index is 423. The molecule has 0 aromatic rings. The zero-order valence-corrected chi connectivity index (χ0v) is 14.8. The highest BCUT2D eigenvalue weighted by molar-refractivity contribution is 5.87. The van der Waals surface area contributed by atoms with Crippen molar-refractivity contribution in [1.29, 1.82) is 0 Å². The summed E-state index contributed by atoms with van der Waals surface area (Å²) in [5.41, 5.74) is -0.145. The molecule has 0 saturated carbocycles. The van der Waals surface area contributed by atoms with E-state index in [9.17, 15) is 14.7 Å². The number of hydrogen-bond acceptors (Lipinski definition) is 4. The molecule has 6 heteroatoms. The Morgan fingerprint density at radius 2 is 1.83 bits per heavy atom. The van der Waals surface area contributed by atoms with Gasteiger partial charge in [0, 0.05) is 39.6 Å². The highest BCUT2D eigenvalue weighted by atomic mass is 16.3. The molecule has 1 aliphatic heterocycles. The minimum atomic E-state index is -0.531. The first-order chi connectivity index (χ1) is 10.6. The Kier molecular flexibility index (Phi) is 7.22. The first kappa shape index (κ1) is 19.6. The molecular weight excluding hydrogens is 294 g/mol. The summed E-state index contributed by atoms with van der Waals surface area (Å²) < 4.78 is 0. The van der Waals surface area contributed by atoms with Crippen LogP contribution in [0.25, 0.3) is 0 Å². The predicted octanol–water partition coefficient (Wildman–Crippen LogP) is 0.618. The summed E-state index contributed by atoms with van der Waals surface area (Å²) in [6.07, 6.45) is 1.69. The lowest BCUT2D eigenvalue weighted by molar-refractivity contribution is -0.137. The number of nitrogens with one attached hydrogen (secondary N) is 1. The van der Waals surface area contributed by atoms with Gasteiger partial charge < -0.3 is 15.3 Å². The van der Waals surface area contributed by atoms with E-state index in [-0.39, 0.29) is 17.2 Å². The maximum atomic E-state index is 12.5. The van der Waals surface area contributed by atoms with Crippen molar-refractivity contribution < 1.29 is 14.7 Å². The molecule has 0 bridgehead atoms. The van der Waals surface area contributed by atoms with E-state index in [1.165, 1.54) is 6.92 Å². The molecule has 2 amide bonds. The fourth-order valence-corrected chi connectivity index (χ4v) is 2.52. The van der Waals surface area contributed by atoms with E-state index in [4.69, 9.17) is 0 Å². The van der Waals surface area contributed by atoms with Crippen LogP contribution in [0.4, 0.5) is 0 Å². The zero-order chi connectivity index (χ0) is 17.6. The number of carbonyl (C=O) groups is 2. The van der Waals surface area contributed by atoms with Crippen LogP contribution in [0.15, 0.2) is 12.7 Å². The number of β-amino-alcohol motifs (C(OH)–C–C–N with tert-alkyl or cyclic N) is 1. The Morgan fingerprint density at radius 3 is 2.26 bits per heavy atom. The van der Waals surface area contributed by atoms with Crippen LogP contribution >= 0.6 is 0 Å². The molecule has 1 heterocycles. The van der Waals surface area contributed by atoms with Gasteiger partial charge in [-0.1, -0.05) is 26.8 Å². The Hall–Kier alpha value is -1.40. The maximum absolute atomic E-state index is 12.5. The second-order valence-corrected chi connectivity index (χ2v) is 7.29. The van der Waals surface area contributed by atoms with Crippen molar-refractivity contribution >= 4 is 11.8 Å². The predicted molar refractivity (Wildman–Crippen MR) is 90.9 cm³/mol. The van der Waals surface area contributed by atoms with Crippen LogP contribution in [-0.4, -0.2) is 71.6 Å². The quantitative estimate of drug-likeness (QED) is 0.702. The minimum Gasteiger partial charge on any atom is -0.391 e. The summed E-state index contributed by atoms with van der Waals surface area (Å²) in [5, 5.41) is 12.9. The van der Waals surface area contributed by atoms with Crippen molar-refractivity contribution in [2.24, 2.45) is 5.41 Å². The number of amides is 2. The zero-order valence-electron chi connectivity index (χ0n) is 14.8. The lowest BCUT2D eigenvalue weighted by Crippen LogP contribution is -2.56. The Labute approximate surface area is 139 Å². The topological polar surface area (TPSA) is 72.9 Å². The summed E-state index contributed by atoms with van der Waals surface area (Å²) >= 11 is 0.